The van der Waals surface area contributed by atoms with Gasteiger partial charge in [-0.25, -0.2) is 0 Å². The first-order valence-electron chi connectivity index (χ1n) is 9.11. The van der Waals surface area contributed by atoms with Gasteiger partial charge in [0.2, 0.25) is 0 Å². The number of ketones is 1. The van der Waals surface area contributed by atoms with Crippen LogP contribution in [0.25, 0.3) is 0 Å². The van der Waals surface area contributed by atoms with E-state index in [9.17, 15) is 15.0 Å². The lowest BCUT2D eigenvalue weighted by molar-refractivity contribution is -0.139. The van der Waals surface area contributed by atoms with Crippen molar-refractivity contribution in [3.05, 3.63) is 12.2 Å². The molecule has 0 radical (unpaired) electrons. The highest BCUT2D eigenvalue weighted by molar-refractivity contribution is 5.87. The fourth-order valence-electron chi connectivity index (χ4n) is 6.60. The van der Waals surface area contributed by atoms with Gasteiger partial charge in [0, 0.05) is 6.42 Å². The van der Waals surface area contributed by atoms with Gasteiger partial charge in [0.15, 0.2) is 0 Å². The zero-order chi connectivity index (χ0) is 16.6. The van der Waals surface area contributed by atoms with Gasteiger partial charge >= 0.3 is 0 Å². The summed E-state index contributed by atoms with van der Waals surface area (Å²) >= 11 is 0. The zero-order valence-corrected chi connectivity index (χ0v) is 14.1. The first-order valence-corrected chi connectivity index (χ1v) is 9.11. The predicted octanol–water partition coefficient (Wildman–Crippen LogP) is 1.64. The quantitative estimate of drug-likeness (QED) is 0.593. The van der Waals surface area contributed by atoms with Crippen LogP contribution in [0.2, 0.25) is 0 Å². The van der Waals surface area contributed by atoms with Gasteiger partial charge < -0.3 is 15.9 Å². The third-order valence-corrected chi connectivity index (χ3v) is 8.10. The van der Waals surface area contributed by atoms with Crippen molar-refractivity contribution in [3.8, 4) is 0 Å². The van der Waals surface area contributed by atoms with Crippen LogP contribution in [-0.2, 0) is 4.79 Å². The van der Waals surface area contributed by atoms with E-state index in [1.54, 1.807) is 0 Å². The molecule has 23 heavy (non-hydrogen) atoms. The van der Waals surface area contributed by atoms with Gasteiger partial charge in [0.1, 0.15) is 5.78 Å². The number of nitrogens with two attached hydrogens (primary N) is 1. The Kier molecular flexibility index (Phi) is 3.37. The number of aliphatic hydroxyl groups excluding tert-OH is 2. The average molecular weight is 319 g/mol. The van der Waals surface area contributed by atoms with Crippen molar-refractivity contribution in [1.82, 2.24) is 0 Å². The Morgan fingerprint density at radius 1 is 1.22 bits per heavy atom. The second-order valence-electron chi connectivity index (χ2n) is 9.01. The van der Waals surface area contributed by atoms with E-state index in [0.717, 1.165) is 25.7 Å². The van der Waals surface area contributed by atoms with E-state index in [2.05, 4.69) is 19.9 Å². The highest BCUT2D eigenvalue weighted by Gasteiger charge is 2.63. The largest absolute Gasteiger partial charge is 0.393 e. The van der Waals surface area contributed by atoms with Gasteiger partial charge in [-0.1, -0.05) is 26.0 Å². The van der Waals surface area contributed by atoms with Gasteiger partial charge in [-0.05, 0) is 60.2 Å². The smallest absolute Gasteiger partial charge is 0.150 e. The number of Topliss-reactive ketones (excluding diaryl/α,β-unsaturated/α-hetero) is 1. The average Bonchev–Trinajstić information content (AvgIpc) is 2.73. The molecule has 0 aromatic rings. The van der Waals surface area contributed by atoms with Crippen LogP contribution in [0, 0.1) is 34.5 Å². The minimum atomic E-state index is -0.382. The van der Waals surface area contributed by atoms with Crippen LogP contribution in [0.4, 0.5) is 0 Å². The topological polar surface area (TPSA) is 83.6 Å². The van der Waals surface area contributed by atoms with Gasteiger partial charge in [-0.15, -0.1) is 0 Å². The molecule has 0 aromatic carbocycles. The maximum absolute atomic E-state index is 12.3. The molecule has 4 nitrogen and oxygen atoms in total. The predicted molar refractivity (Wildman–Crippen MR) is 87.4 cm³/mol. The molecule has 4 N–H and O–H groups in total. The lowest BCUT2D eigenvalue weighted by atomic mass is 9.45. The summed E-state index contributed by atoms with van der Waals surface area (Å²) in [5.41, 5.74) is 6.11. The Labute approximate surface area is 138 Å². The summed E-state index contributed by atoms with van der Waals surface area (Å²) in [6.45, 7) is 4.45. The molecule has 4 rings (SSSR count). The van der Waals surface area contributed by atoms with Gasteiger partial charge in [-0.3, -0.25) is 4.79 Å². The molecule has 128 valence electrons. The third kappa shape index (κ3) is 1.98. The van der Waals surface area contributed by atoms with Crippen molar-refractivity contribution in [2.75, 3.05) is 0 Å². The maximum Gasteiger partial charge on any atom is 0.150 e. The molecule has 9 atom stereocenters. The number of carbonyl (C=O) groups is 1. The number of hydrogen-bond donors (Lipinski definition) is 3. The first kappa shape index (κ1) is 15.8. The van der Waals surface area contributed by atoms with Gasteiger partial charge in [0.25, 0.3) is 0 Å². The highest BCUT2D eigenvalue weighted by atomic mass is 16.3. The van der Waals surface area contributed by atoms with E-state index < -0.39 is 0 Å². The van der Waals surface area contributed by atoms with Gasteiger partial charge in [-0.2, -0.15) is 0 Å². The van der Waals surface area contributed by atoms with Crippen LogP contribution in [0.1, 0.15) is 46.0 Å². The summed E-state index contributed by atoms with van der Waals surface area (Å²) in [5, 5.41) is 20.9. The summed E-state index contributed by atoms with van der Waals surface area (Å²) in [6.07, 6.45) is 7.37. The number of rotatable bonds is 0. The van der Waals surface area contributed by atoms with E-state index in [1.165, 1.54) is 0 Å². The van der Waals surface area contributed by atoms with Crippen LogP contribution in [0.5, 0.6) is 0 Å². The van der Waals surface area contributed by atoms with Crippen molar-refractivity contribution in [3.63, 3.8) is 0 Å². The highest BCUT2D eigenvalue weighted by Crippen LogP contribution is 2.64. The van der Waals surface area contributed by atoms with Crippen LogP contribution in [-0.4, -0.2) is 34.2 Å². The number of allylic oxidation sites excluding steroid dienone is 1. The molecule has 3 fully saturated rings. The molecule has 0 aromatic heterocycles. The SMILES string of the molecule is C[C@]12C=C[C@H](O)C[C@H]1C[C@H](O)[C@@H]1[C@@H]2CC[C@]2(C)C(N)C(=O)C[C@@H]12. The molecular weight excluding hydrogens is 290 g/mol. The maximum atomic E-state index is 12.3. The second-order valence-corrected chi connectivity index (χ2v) is 9.01. The lowest BCUT2D eigenvalue weighted by Gasteiger charge is -2.60. The molecule has 0 amide bonds. The summed E-state index contributed by atoms with van der Waals surface area (Å²) in [4.78, 5) is 12.3. The molecule has 4 aliphatic carbocycles. The fraction of sp³-hybridized carbons (Fsp3) is 0.842. The standard InChI is InChI=1S/C19H29NO3/c1-18-5-3-11(21)7-10(18)8-14(22)16-12(18)4-6-19(2)13(16)9-15(23)17(19)20/h3,5,10-14,16-17,21-22H,4,6-9,20H2,1-2H3/t10-,11-,12-,13-,14-,16+,17?,18-,19-/m0/s1. The number of hydrogen-bond acceptors (Lipinski definition) is 4. The third-order valence-electron chi connectivity index (χ3n) is 8.10. The van der Waals surface area contributed by atoms with Crippen molar-refractivity contribution in [2.24, 2.45) is 40.2 Å². The molecule has 1 unspecified atom stereocenters. The minimum absolute atomic E-state index is 0.0280. The van der Waals surface area contributed by atoms with E-state index in [0.29, 0.717) is 18.3 Å². The minimum Gasteiger partial charge on any atom is -0.393 e. The molecule has 3 saturated carbocycles. The van der Waals surface area contributed by atoms with E-state index in [1.807, 2.05) is 6.08 Å². The molecule has 0 saturated heterocycles. The van der Waals surface area contributed by atoms with Crippen LogP contribution in [0.15, 0.2) is 12.2 Å². The second kappa shape index (κ2) is 4.90. The summed E-state index contributed by atoms with van der Waals surface area (Å²) in [5.74, 6) is 1.25. The summed E-state index contributed by atoms with van der Waals surface area (Å²) in [7, 11) is 0. The molecule has 0 heterocycles. The zero-order valence-electron chi connectivity index (χ0n) is 14.1. The van der Waals surface area contributed by atoms with Crippen LogP contribution in [0.3, 0.4) is 0 Å². The lowest BCUT2D eigenvalue weighted by Crippen LogP contribution is -2.58. The molecule has 0 aliphatic heterocycles. The summed E-state index contributed by atoms with van der Waals surface area (Å²) < 4.78 is 0. The van der Waals surface area contributed by atoms with Crippen LogP contribution >= 0.6 is 0 Å². The molecule has 0 spiro atoms. The van der Waals surface area contributed by atoms with E-state index in [4.69, 9.17) is 5.73 Å². The number of carbonyl (C=O) groups excluding carboxylic acids is 1. The Morgan fingerprint density at radius 3 is 2.70 bits per heavy atom. The number of fused-ring (bicyclic) bond motifs is 5. The molecular formula is C19H29NO3. The Morgan fingerprint density at radius 2 is 1.96 bits per heavy atom. The molecule has 4 heteroatoms. The van der Waals surface area contributed by atoms with Crippen LogP contribution < -0.4 is 5.73 Å². The molecule has 0 bridgehead atoms. The van der Waals surface area contributed by atoms with E-state index >= 15 is 0 Å². The number of aliphatic hydroxyl groups is 2. The summed E-state index contributed by atoms with van der Waals surface area (Å²) in [6, 6.07) is -0.366. The van der Waals surface area contributed by atoms with Crippen molar-refractivity contribution in [1.29, 1.82) is 0 Å². The van der Waals surface area contributed by atoms with Crippen molar-refractivity contribution < 1.29 is 15.0 Å². The first-order chi connectivity index (χ1) is 10.8. The molecule has 4 aliphatic rings. The van der Waals surface area contributed by atoms with Crippen molar-refractivity contribution in [2.45, 2.75) is 64.2 Å². The van der Waals surface area contributed by atoms with E-state index in [-0.39, 0.29) is 46.7 Å². The Hall–Kier alpha value is -0.710. The monoisotopic (exact) mass is 319 g/mol. The van der Waals surface area contributed by atoms with Gasteiger partial charge in [0.05, 0.1) is 18.2 Å². The van der Waals surface area contributed by atoms with Crippen molar-refractivity contribution >= 4 is 5.78 Å². The fourth-order valence-corrected chi connectivity index (χ4v) is 6.60. The normalized spacial score (nSPS) is 58.5. The Balaban J connectivity index is 1.73. The Bertz CT molecular complexity index is 561.